The summed E-state index contributed by atoms with van der Waals surface area (Å²) < 4.78 is 12.3. The van der Waals surface area contributed by atoms with Crippen LogP contribution in [0.15, 0.2) is 28.1 Å². The van der Waals surface area contributed by atoms with Gasteiger partial charge in [-0.15, -0.1) is 11.3 Å². The second-order valence-electron chi connectivity index (χ2n) is 4.35. The minimum absolute atomic E-state index is 0.165. The van der Waals surface area contributed by atoms with Gasteiger partial charge in [0.1, 0.15) is 13.2 Å². The second kappa shape index (κ2) is 5.46. The Balaban J connectivity index is 2.03. The number of alkyl halides is 1. The van der Waals surface area contributed by atoms with E-state index >= 15 is 0 Å². The van der Waals surface area contributed by atoms with Crippen molar-refractivity contribution < 1.29 is 9.47 Å². The molecule has 2 nitrogen and oxygen atoms in total. The van der Waals surface area contributed by atoms with Crippen molar-refractivity contribution in [3.63, 3.8) is 0 Å². The largest absolute Gasteiger partial charge is 0.486 e. The molecule has 0 aliphatic carbocycles. The van der Waals surface area contributed by atoms with E-state index in [1.54, 1.807) is 11.3 Å². The fraction of sp³-hybridized carbons (Fsp3) is 0.286. The maximum atomic E-state index is 5.65. The summed E-state index contributed by atoms with van der Waals surface area (Å²) in [6.07, 6.45) is 0. The summed E-state index contributed by atoms with van der Waals surface area (Å²) in [6, 6.07) is 6.18. The number of halogens is 2. The predicted molar refractivity (Wildman–Crippen MR) is 85.0 cm³/mol. The molecule has 0 spiro atoms. The van der Waals surface area contributed by atoms with Crippen LogP contribution in [0.25, 0.3) is 0 Å². The van der Waals surface area contributed by atoms with E-state index in [4.69, 9.17) is 9.47 Å². The Hall–Kier alpha value is -0.520. The highest BCUT2D eigenvalue weighted by Gasteiger charge is 2.21. The molecule has 5 heteroatoms. The summed E-state index contributed by atoms with van der Waals surface area (Å²) in [6.45, 7) is 3.35. The highest BCUT2D eigenvalue weighted by molar-refractivity contribution is 9.11. The third-order valence-electron chi connectivity index (χ3n) is 3.07. The Morgan fingerprint density at radius 1 is 1.21 bits per heavy atom. The molecule has 1 aromatic heterocycles. The Morgan fingerprint density at radius 2 is 1.89 bits per heavy atom. The van der Waals surface area contributed by atoms with Gasteiger partial charge in [-0.25, -0.2) is 0 Å². The highest BCUT2D eigenvalue weighted by atomic mass is 79.9. The van der Waals surface area contributed by atoms with Crippen LogP contribution >= 0.6 is 43.2 Å². The normalized spacial score (nSPS) is 15.3. The monoisotopic (exact) mass is 402 g/mol. The van der Waals surface area contributed by atoms with Crippen LogP contribution in [-0.2, 0) is 0 Å². The van der Waals surface area contributed by atoms with E-state index in [2.05, 4.69) is 56.3 Å². The van der Waals surface area contributed by atoms with Crippen LogP contribution in [0.5, 0.6) is 11.5 Å². The number of thiophene rings is 1. The fourth-order valence-electron chi connectivity index (χ4n) is 2.06. The third-order valence-corrected chi connectivity index (χ3v) is 6.09. The number of rotatable bonds is 2. The lowest BCUT2D eigenvalue weighted by Gasteiger charge is -2.21. The number of aryl methyl sites for hydroxylation is 1. The van der Waals surface area contributed by atoms with Crippen molar-refractivity contribution in [3.05, 3.63) is 44.1 Å². The number of ether oxygens (including phenoxy) is 2. The van der Waals surface area contributed by atoms with Gasteiger partial charge in [-0.1, -0.05) is 31.9 Å². The zero-order chi connectivity index (χ0) is 13.4. The topological polar surface area (TPSA) is 18.5 Å². The Kier molecular flexibility index (Phi) is 3.87. The lowest BCUT2D eigenvalue weighted by molar-refractivity contribution is 0.171. The molecule has 2 heterocycles. The van der Waals surface area contributed by atoms with Crippen LogP contribution in [0.3, 0.4) is 0 Å². The van der Waals surface area contributed by atoms with Crippen molar-refractivity contribution in [2.75, 3.05) is 13.2 Å². The fourth-order valence-corrected chi connectivity index (χ4v) is 4.90. The maximum absolute atomic E-state index is 5.65. The summed E-state index contributed by atoms with van der Waals surface area (Å²) in [5.41, 5.74) is 2.46. The van der Waals surface area contributed by atoms with E-state index in [0.717, 1.165) is 21.5 Å². The molecular weight excluding hydrogens is 392 g/mol. The Morgan fingerprint density at radius 3 is 2.53 bits per heavy atom. The summed E-state index contributed by atoms with van der Waals surface area (Å²) in [7, 11) is 0. The first-order valence-electron chi connectivity index (χ1n) is 5.94. The van der Waals surface area contributed by atoms with E-state index < -0.39 is 0 Å². The molecule has 1 aromatic carbocycles. The van der Waals surface area contributed by atoms with Crippen molar-refractivity contribution in [3.8, 4) is 11.5 Å². The van der Waals surface area contributed by atoms with Crippen molar-refractivity contribution >= 4 is 43.2 Å². The number of hydrogen-bond acceptors (Lipinski definition) is 3. The zero-order valence-electron chi connectivity index (χ0n) is 10.3. The molecule has 3 rings (SSSR count). The van der Waals surface area contributed by atoms with E-state index in [9.17, 15) is 0 Å². The average molecular weight is 404 g/mol. The molecule has 0 saturated carbocycles. The van der Waals surface area contributed by atoms with Gasteiger partial charge in [0, 0.05) is 9.35 Å². The summed E-state index contributed by atoms with van der Waals surface area (Å²) in [4.78, 5) is 1.48. The lowest BCUT2D eigenvalue weighted by Crippen LogP contribution is -2.15. The predicted octanol–water partition coefficient (Wildman–Crippen LogP) is 5.07. The molecule has 1 aliphatic heterocycles. The first-order chi connectivity index (χ1) is 9.16. The minimum atomic E-state index is 0.165. The highest BCUT2D eigenvalue weighted by Crippen LogP contribution is 2.44. The molecule has 0 fully saturated rings. The SMILES string of the molecule is Cc1ccsc1C(Br)c1cc2c(cc1Br)OCCO2. The van der Waals surface area contributed by atoms with E-state index in [1.807, 2.05) is 6.07 Å². The summed E-state index contributed by atoms with van der Waals surface area (Å²) >= 11 is 9.17. The maximum Gasteiger partial charge on any atom is 0.162 e. The molecule has 0 radical (unpaired) electrons. The standard InChI is InChI=1S/C14H12Br2O2S/c1-8-2-5-19-14(8)13(16)9-6-11-12(7-10(9)15)18-4-3-17-11/h2,5-7,13H,3-4H2,1H3. The van der Waals surface area contributed by atoms with Crippen LogP contribution in [0.2, 0.25) is 0 Å². The van der Waals surface area contributed by atoms with Gasteiger partial charge in [-0.2, -0.15) is 0 Å². The quantitative estimate of drug-likeness (QED) is 0.651. The molecule has 0 amide bonds. The van der Waals surface area contributed by atoms with E-state index in [0.29, 0.717) is 13.2 Å². The van der Waals surface area contributed by atoms with Gasteiger partial charge in [0.25, 0.3) is 0 Å². The van der Waals surface area contributed by atoms with Gasteiger partial charge in [0.15, 0.2) is 11.5 Å². The van der Waals surface area contributed by atoms with Gasteiger partial charge >= 0.3 is 0 Å². The van der Waals surface area contributed by atoms with E-state index in [1.165, 1.54) is 10.4 Å². The molecule has 2 aromatic rings. The first kappa shape index (κ1) is 13.5. The van der Waals surface area contributed by atoms with Crippen LogP contribution in [0, 0.1) is 6.92 Å². The molecule has 1 aliphatic rings. The smallest absolute Gasteiger partial charge is 0.162 e. The minimum Gasteiger partial charge on any atom is -0.486 e. The van der Waals surface area contributed by atoms with Gasteiger partial charge in [-0.3, -0.25) is 0 Å². The van der Waals surface area contributed by atoms with Crippen molar-refractivity contribution in [2.24, 2.45) is 0 Å². The zero-order valence-corrected chi connectivity index (χ0v) is 14.3. The summed E-state index contributed by atoms with van der Waals surface area (Å²) in [5.74, 6) is 1.63. The summed E-state index contributed by atoms with van der Waals surface area (Å²) in [5, 5.41) is 2.12. The molecule has 100 valence electrons. The molecule has 1 unspecified atom stereocenters. The molecule has 0 N–H and O–H groups in total. The molecule has 19 heavy (non-hydrogen) atoms. The first-order valence-corrected chi connectivity index (χ1v) is 8.53. The number of hydrogen-bond donors (Lipinski definition) is 0. The van der Waals surface area contributed by atoms with Gasteiger partial charge in [0.2, 0.25) is 0 Å². The Labute approximate surface area is 133 Å². The van der Waals surface area contributed by atoms with Crippen LogP contribution in [-0.4, -0.2) is 13.2 Å². The van der Waals surface area contributed by atoms with Crippen molar-refractivity contribution in [2.45, 2.75) is 11.8 Å². The van der Waals surface area contributed by atoms with Crippen molar-refractivity contribution in [1.29, 1.82) is 0 Å². The molecule has 0 bridgehead atoms. The number of fused-ring (bicyclic) bond motifs is 1. The molecule has 0 saturated heterocycles. The molecular formula is C14H12Br2O2S. The molecule has 1 atom stereocenters. The Bertz CT molecular complexity index is 609. The van der Waals surface area contributed by atoms with Crippen LogP contribution < -0.4 is 9.47 Å². The van der Waals surface area contributed by atoms with E-state index in [-0.39, 0.29) is 4.83 Å². The van der Waals surface area contributed by atoms with Gasteiger partial charge in [-0.05, 0) is 41.6 Å². The van der Waals surface area contributed by atoms with Crippen LogP contribution in [0.4, 0.5) is 0 Å². The van der Waals surface area contributed by atoms with Gasteiger partial charge < -0.3 is 9.47 Å². The second-order valence-corrected chi connectivity index (χ2v) is 7.07. The van der Waals surface area contributed by atoms with Gasteiger partial charge in [0.05, 0.1) is 4.83 Å². The third kappa shape index (κ3) is 2.56. The lowest BCUT2D eigenvalue weighted by atomic mass is 10.1. The van der Waals surface area contributed by atoms with Crippen molar-refractivity contribution in [1.82, 2.24) is 0 Å². The van der Waals surface area contributed by atoms with Crippen LogP contribution in [0.1, 0.15) is 20.8 Å². The number of benzene rings is 1. The average Bonchev–Trinajstić information content (AvgIpc) is 2.83.